The highest BCUT2D eigenvalue weighted by molar-refractivity contribution is 7.15. The first-order chi connectivity index (χ1) is 7.63. The fourth-order valence-corrected chi connectivity index (χ4v) is 2.09. The first-order valence-electron chi connectivity index (χ1n) is 4.96. The summed E-state index contributed by atoms with van der Waals surface area (Å²) in [4.78, 5) is 16.1. The second kappa shape index (κ2) is 4.45. The molecule has 0 atom stereocenters. The van der Waals surface area contributed by atoms with Gasteiger partial charge in [-0.05, 0) is 26.0 Å². The zero-order valence-electron chi connectivity index (χ0n) is 9.15. The van der Waals surface area contributed by atoms with Gasteiger partial charge in [0.15, 0.2) is 5.13 Å². The van der Waals surface area contributed by atoms with Gasteiger partial charge in [-0.15, -0.1) is 11.3 Å². The van der Waals surface area contributed by atoms with Crippen molar-refractivity contribution in [2.45, 2.75) is 13.8 Å². The summed E-state index contributed by atoms with van der Waals surface area (Å²) in [5.41, 5.74) is 1.95. The van der Waals surface area contributed by atoms with Crippen LogP contribution in [0.1, 0.15) is 10.4 Å². The molecular weight excluding hydrogens is 220 g/mol. The molecule has 0 saturated heterocycles. The van der Waals surface area contributed by atoms with E-state index in [9.17, 15) is 4.79 Å². The fourth-order valence-electron chi connectivity index (χ4n) is 1.32. The summed E-state index contributed by atoms with van der Waals surface area (Å²) in [5, 5.41) is 3.75. The molecule has 16 heavy (non-hydrogen) atoms. The standard InChI is InChI=1S/C12H12N2OS/c1-8-3-5-10(6-4-8)13-12-14-11(15)7-9(2)16-12/h3-7H,1-2H3,(H,13,14,15). The molecule has 2 aromatic rings. The Morgan fingerprint density at radius 1 is 1.19 bits per heavy atom. The number of rotatable bonds is 2. The van der Waals surface area contributed by atoms with Gasteiger partial charge in [0.2, 0.25) is 0 Å². The van der Waals surface area contributed by atoms with Crippen molar-refractivity contribution in [2.24, 2.45) is 0 Å². The summed E-state index contributed by atoms with van der Waals surface area (Å²) < 4.78 is 0. The Kier molecular flexibility index (Phi) is 3.01. The van der Waals surface area contributed by atoms with Gasteiger partial charge in [-0.25, -0.2) is 0 Å². The van der Waals surface area contributed by atoms with Crippen molar-refractivity contribution in [1.29, 1.82) is 0 Å². The first-order valence-corrected chi connectivity index (χ1v) is 5.77. The van der Waals surface area contributed by atoms with E-state index in [-0.39, 0.29) is 5.56 Å². The van der Waals surface area contributed by atoms with Gasteiger partial charge in [-0.3, -0.25) is 4.79 Å². The van der Waals surface area contributed by atoms with Gasteiger partial charge in [0.1, 0.15) is 0 Å². The van der Waals surface area contributed by atoms with E-state index < -0.39 is 0 Å². The Hall–Kier alpha value is -1.68. The summed E-state index contributed by atoms with van der Waals surface area (Å²) >= 11 is 1.47. The van der Waals surface area contributed by atoms with Gasteiger partial charge in [-0.2, -0.15) is 4.98 Å². The maximum Gasteiger partial charge on any atom is 0.273 e. The summed E-state index contributed by atoms with van der Waals surface area (Å²) in [5.74, 6) is 0. The SMILES string of the molecule is Cc1ccc(Nc2nc(=O)cc(C)s2)cc1. The summed E-state index contributed by atoms with van der Waals surface area (Å²) in [6, 6.07) is 9.50. The topological polar surface area (TPSA) is 42.0 Å². The first kappa shape index (κ1) is 10.8. The zero-order valence-corrected chi connectivity index (χ0v) is 9.97. The van der Waals surface area contributed by atoms with Crippen LogP contribution >= 0.6 is 11.3 Å². The minimum absolute atomic E-state index is 0.203. The van der Waals surface area contributed by atoms with Crippen LogP contribution in [0.15, 0.2) is 35.1 Å². The number of nitrogens with one attached hydrogen (secondary N) is 1. The molecule has 0 aliphatic carbocycles. The Balaban J connectivity index is 2.26. The molecule has 1 aromatic carbocycles. The lowest BCUT2D eigenvalue weighted by Gasteiger charge is -2.04. The highest BCUT2D eigenvalue weighted by Gasteiger charge is 1.99. The van der Waals surface area contributed by atoms with Crippen molar-refractivity contribution >= 4 is 22.2 Å². The van der Waals surface area contributed by atoms with Crippen LogP contribution in [0.25, 0.3) is 0 Å². The molecule has 0 fully saturated rings. The third kappa shape index (κ3) is 2.67. The van der Waals surface area contributed by atoms with Crippen LogP contribution in [0.2, 0.25) is 0 Å². The second-order valence-electron chi connectivity index (χ2n) is 3.60. The number of hydrogen-bond donors (Lipinski definition) is 1. The number of anilines is 2. The lowest BCUT2D eigenvalue weighted by Crippen LogP contribution is -2.06. The highest BCUT2D eigenvalue weighted by Crippen LogP contribution is 2.19. The lowest BCUT2D eigenvalue weighted by molar-refractivity contribution is 1.26. The van der Waals surface area contributed by atoms with Gasteiger partial charge in [0.25, 0.3) is 5.56 Å². The molecule has 0 bridgehead atoms. The Bertz CT molecular complexity index is 546. The molecule has 1 heterocycles. The fraction of sp³-hybridized carbons (Fsp3) is 0.167. The van der Waals surface area contributed by atoms with Crippen LogP contribution in [-0.2, 0) is 0 Å². The molecular formula is C12H12N2OS. The van der Waals surface area contributed by atoms with E-state index in [1.165, 1.54) is 23.0 Å². The predicted molar refractivity (Wildman–Crippen MR) is 67.6 cm³/mol. The number of nitrogens with zero attached hydrogens (tertiary/aromatic N) is 1. The normalized spacial score (nSPS) is 10.1. The third-order valence-corrected chi connectivity index (χ3v) is 2.93. The van der Waals surface area contributed by atoms with Gasteiger partial charge < -0.3 is 5.32 Å². The minimum atomic E-state index is -0.203. The molecule has 0 spiro atoms. The molecule has 2 rings (SSSR count). The van der Waals surface area contributed by atoms with E-state index in [0.29, 0.717) is 5.13 Å². The minimum Gasteiger partial charge on any atom is -0.331 e. The van der Waals surface area contributed by atoms with E-state index in [0.717, 1.165) is 10.6 Å². The Labute approximate surface area is 97.8 Å². The van der Waals surface area contributed by atoms with Crippen LogP contribution < -0.4 is 10.9 Å². The molecule has 0 unspecified atom stereocenters. The third-order valence-electron chi connectivity index (χ3n) is 2.10. The van der Waals surface area contributed by atoms with E-state index in [1.807, 2.05) is 38.1 Å². The van der Waals surface area contributed by atoms with Crippen molar-refractivity contribution in [2.75, 3.05) is 5.32 Å². The van der Waals surface area contributed by atoms with Crippen LogP contribution in [0.3, 0.4) is 0 Å². The monoisotopic (exact) mass is 232 g/mol. The van der Waals surface area contributed by atoms with Crippen molar-refractivity contribution in [3.05, 3.63) is 51.1 Å². The second-order valence-corrected chi connectivity index (χ2v) is 4.84. The smallest absolute Gasteiger partial charge is 0.273 e. The largest absolute Gasteiger partial charge is 0.331 e. The number of benzene rings is 1. The molecule has 0 aliphatic heterocycles. The molecule has 0 saturated carbocycles. The Morgan fingerprint density at radius 2 is 1.88 bits per heavy atom. The predicted octanol–water partition coefficient (Wildman–Crippen LogP) is 2.86. The maximum absolute atomic E-state index is 11.2. The summed E-state index contributed by atoms with van der Waals surface area (Å²) in [6.45, 7) is 3.93. The van der Waals surface area contributed by atoms with Gasteiger partial charge in [-0.1, -0.05) is 17.7 Å². The van der Waals surface area contributed by atoms with Gasteiger partial charge in [0.05, 0.1) is 0 Å². The van der Waals surface area contributed by atoms with E-state index in [1.54, 1.807) is 0 Å². The van der Waals surface area contributed by atoms with Crippen LogP contribution in [0, 0.1) is 13.8 Å². The summed E-state index contributed by atoms with van der Waals surface area (Å²) in [7, 11) is 0. The number of hydrogen-bond acceptors (Lipinski definition) is 4. The average Bonchev–Trinajstić information content (AvgIpc) is 2.20. The van der Waals surface area contributed by atoms with Gasteiger partial charge >= 0.3 is 0 Å². The lowest BCUT2D eigenvalue weighted by atomic mass is 10.2. The molecule has 0 amide bonds. The molecule has 0 aliphatic rings. The highest BCUT2D eigenvalue weighted by atomic mass is 32.1. The van der Waals surface area contributed by atoms with Crippen LogP contribution in [-0.4, -0.2) is 4.98 Å². The van der Waals surface area contributed by atoms with E-state index in [4.69, 9.17) is 0 Å². The zero-order chi connectivity index (χ0) is 11.5. The summed E-state index contributed by atoms with van der Waals surface area (Å²) in [6.07, 6.45) is 0. The average molecular weight is 232 g/mol. The molecule has 0 radical (unpaired) electrons. The van der Waals surface area contributed by atoms with Crippen LogP contribution in [0.4, 0.5) is 10.8 Å². The molecule has 3 nitrogen and oxygen atoms in total. The van der Waals surface area contributed by atoms with Crippen LogP contribution in [0.5, 0.6) is 0 Å². The van der Waals surface area contributed by atoms with Gasteiger partial charge in [0, 0.05) is 16.6 Å². The molecule has 4 heteroatoms. The van der Waals surface area contributed by atoms with E-state index in [2.05, 4.69) is 10.3 Å². The Morgan fingerprint density at radius 3 is 2.50 bits per heavy atom. The number of aryl methyl sites for hydroxylation is 2. The van der Waals surface area contributed by atoms with E-state index >= 15 is 0 Å². The molecule has 82 valence electrons. The maximum atomic E-state index is 11.2. The number of aromatic nitrogens is 1. The van der Waals surface area contributed by atoms with Crippen molar-refractivity contribution in [3.8, 4) is 0 Å². The quantitative estimate of drug-likeness (QED) is 0.865. The van der Waals surface area contributed by atoms with Crippen molar-refractivity contribution in [1.82, 2.24) is 4.98 Å². The molecule has 1 aromatic heterocycles. The molecule has 1 N–H and O–H groups in total. The van der Waals surface area contributed by atoms with Crippen molar-refractivity contribution < 1.29 is 0 Å². The van der Waals surface area contributed by atoms with Crippen molar-refractivity contribution in [3.63, 3.8) is 0 Å².